The third-order valence-corrected chi connectivity index (χ3v) is 5.17. The van der Waals surface area contributed by atoms with Gasteiger partial charge in [0.15, 0.2) is 11.6 Å². The van der Waals surface area contributed by atoms with Gasteiger partial charge in [-0.3, -0.25) is 4.79 Å². The summed E-state index contributed by atoms with van der Waals surface area (Å²) in [5.74, 6) is -1.06. The van der Waals surface area contributed by atoms with Crippen LogP contribution in [-0.2, 0) is 9.53 Å². The second kappa shape index (κ2) is 8.04. The minimum atomic E-state index is -1.16. The zero-order valence-corrected chi connectivity index (χ0v) is 16.2. The lowest BCUT2D eigenvalue weighted by Crippen LogP contribution is -2.14. The van der Waals surface area contributed by atoms with Crippen molar-refractivity contribution in [2.75, 3.05) is 0 Å². The van der Waals surface area contributed by atoms with E-state index in [0.717, 1.165) is 0 Å². The number of ether oxygens (including phenoxy) is 2. The molecule has 0 N–H and O–H groups in total. The van der Waals surface area contributed by atoms with Gasteiger partial charge < -0.3 is 9.47 Å². The zero-order valence-electron chi connectivity index (χ0n) is 15.4. The van der Waals surface area contributed by atoms with Crippen molar-refractivity contribution in [2.24, 2.45) is 17.3 Å². The van der Waals surface area contributed by atoms with Crippen molar-refractivity contribution >= 4 is 17.6 Å². The summed E-state index contributed by atoms with van der Waals surface area (Å²) in [5, 5.41) is 9.48. The fraction of sp³-hybridized carbons (Fsp3) is 0.273. The number of benzene rings is 2. The molecule has 0 radical (unpaired) electrons. The van der Waals surface area contributed by atoms with Crippen molar-refractivity contribution < 1.29 is 18.7 Å². The molecule has 1 aliphatic carbocycles. The van der Waals surface area contributed by atoms with E-state index in [1.165, 1.54) is 23.7 Å². The van der Waals surface area contributed by atoms with Crippen LogP contribution in [0.4, 0.5) is 4.39 Å². The number of nitrogens with zero attached hydrogens (tertiary/aromatic N) is 1. The Balaban J connectivity index is 1.77. The summed E-state index contributed by atoms with van der Waals surface area (Å²) in [5.41, 5.74) is 1.44. The van der Waals surface area contributed by atoms with Crippen LogP contribution in [0.5, 0.6) is 11.5 Å². The number of rotatable bonds is 6. The monoisotopic (exact) mass is 399 g/mol. The maximum Gasteiger partial charge on any atom is 0.311 e. The number of esters is 1. The van der Waals surface area contributed by atoms with Gasteiger partial charge in [0.25, 0.3) is 0 Å². The van der Waals surface area contributed by atoms with Gasteiger partial charge in [-0.2, -0.15) is 5.26 Å². The molecule has 1 unspecified atom stereocenters. The van der Waals surface area contributed by atoms with Gasteiger partial charge in [0.1, 0.15) is 11.8 Å². The number of allylic oxidation sites excluding steroid dienone is 1. The van der Waals surface area contributed by atoms with Crippen molar-refractivity contribution in [3.63, 3.8) is 0 Å². The summed E-state index contributed by atoms with van der Waals surface area (Å²) in [6, 6.07) is 14.6. The number of hydrogen-bond donors (Lipinski definition) is 0. The molecule has 1 saturated carbocycles. The van der Waals surface area contributed by atoms with Crippen molar-refractivity contribution in [3.05, 3.63) is 71.5 Å². The minimum Gasteiger partial charge on any atom is -0.454 e. The molecular formula is C22H19ClFNO3. The van der Waals surface area contributed by atoms with E-state index in [1.807, 2.05) is 26.0 Å². The zero-order chi connectivity index (χ0) is 20.3. The highest BCUT2D eigenvalue weighted by Gasteiger charge is 2.61. The second-order valence-corrected chi connectivity index (χ2v) is 7.45. The summed E-state index contributed by atoms with van der Waals surface area (Å²) in [4.78, 5) is 12.5. The molecule has 0 amide bonds. The molecule has 3 atom stereocenters. The first-order valence-corrected chi connectivity index (χ1v) is 9.21. The SMILES string of the molecule is CC1(C)[C@H](/C=C/Cl)[C@H]1C(=O)OC(C#N)c1ccc(F)c(Oc2ccccc2)c1. The van der Waals surface area contributed by atoms with Crippen LogP contribution in [0.15, 0.2) is 60.1 Å². The predicted octanol–water partition coefficient (Wildman–Crippen LogP) is 5.75. The van der Waals surface area contributed by atoms with E-state index >= 15 is 0 Å². The maximum absolute atomic E-state index is 14.1. The van der Waals surface area contributed by atoms with Gasteiger partial charge in [-0.05, 0) is 35.6 Å². The lowest BCUT2D eigenvalue weighted by molar-refractivity contribution is -0.149. The first kappa shape index (κ1) is 19.9. The van der Waals surface area contributed by atoms with Crippen molar-refractivity contribution in [1.82, 2.24) is 0 Å². The van der Waals surface area contributed by atoms with Crippen LogP contribution in [0.1, 0.15) is 25.5 Å². The largest absolute Gasteiger partial charge is 0.454 e. The van der Waals surface area contributed by atoms with Crippen molar-refractivity contribution in [3.8, 4) is 17.6 Å². The van der Waals surface area contributed by atoms with Crippen LogP contribution < -0.4 is 4.74 Å². The smallest absolute Gasteiger partial charge is 0.311 e. The number of halogens is 2. The molecule has 6 heteroatoms. The molecule has 2 aromatic rings. The number of carbonyl (C=O) groups is 1. The topological polar surface area (TPSA) is 59.3 Å². The van der Waals surface area contributed by atoms with E-state index in [-0.39, 0.29) is 23.0 Å². The summed E-state index contributed by atoms with van der Waals surface area (Å²) in [7, 11) is 0. The molecular weight excluding hydrogens is 381 g/mol. The van der Waals surface area contributed by atoms with Gasteiger partial charge in [-0.15, -0.1) is 0 Å². The van der Waals surface area contributed by atoms with Crippen LogP contribution in [0, 0.1) is 34.4 Å². The Kier molecular flexibility index (Phi) is 5.71. The van der Waals surface area contributed by atoms with E-state index in [2.05, 4.69) is 0 Å². The molecule has 0 spiro atoms. The van der Waals surface area contributed by atoms with E-state index in [4.69, 9.17) is 21.1 Å². The summed E-state index contributed by atoms with van der Waals surface area (Å²) < 4.78 is 25.1. The van der Waals surface area contributed by atoms with E-state index in [9.17, 15) is 14.4 Å². The highest BCUT2D eigenvalue weighted by atomic mass is 35.5. The average Bonchev–Trinajstić information content (AvgIpc) is 3.23. The first-order valence-electron chi connectivity index (χ1n) is 8.78. The Morgan fingerprint density at radius 3 is 2.64 bits per heavy atom. The van der Waals surface area contributed by atoms with Crippen LogP contribution in [0.25, 0.3) is 0 Å². The van der Waals surface area contributed by atoms with Gasteiger partial charge in [-0.25, -0.2) is 4.39 Å². The van der Waals surface area contributed by atoms with Gasteiger partial charge in [0.2, 0.25) is 6.10 Å². The van der Waals surface area contributed by atoms with E-state index < -0.39 is 17.9 Å². The molecule has 0 heterocycles. The van der Waals surface area contributed by atoms with Crippen LogP contribution in [0.3, 0.4) is 0 Å². The lowest BCUT2D eigenvalue weighted by atomic mass is 10.1. The first-order chi connectivity index (χ1) is 13.4. The number of carbonyl (C=O) groups excluding carboxylic acids is 1. The third-order valence-electron chi connectivity index (χ3n) is 5.02. The Hall–Kier alpha value is -2.84. The fourth-order valence-corrected chi connectivity index (χ4v) is 3.46. The molecule has 28 heavy (non-hydrogen) atoms. The molecule has 0 aliphatic heterocycles. The normalized spacial score (nSPS) is 21.0. The molecule has 0 aromatic heterocycles. The van der Waals surface area contributed by atoms with Crippen molar-refractivity contribution in [2.45, 2.75) is 20.0 Å². The van der Waals surface area contributed by atoms with Crippen LogP contribution in [0.2, 0.25) is 0 Å². The van der Waals surface area contributed by atoms with Gasteiger partial charge in [-0.1, -0.05) is 55.8 Å². The van der Waals surface area contributed by atoms with Gasteiger partial charge in [0.05, 0.1) is 5.92 Å². The number of para-hydroxylation sites is 1. The number of hydrogen-bond acceptors (Lipinski definition) is 4. The standard InChI is InChI=1S/C22H19ClFNO3/c1-22(2)16(10-11-23)20(22)21(26)28-19(13-25)14-8-9-17(24)18(12-14)27-15-6-4-3-5-7-15/h3-12,16,19-20H,1-2H3/b11-10+/t16-,19?,20+/m1/s1. The summed E-state index contributed by atoms with van der Waals surface area (Å²) in [6.45, 7) is 3.87. The molecule has 144 valence electrons. The fourth-order valence-electron chi connectivity index (χ4n) is 3.30. The molecule has 1 aliphatic rings. The Morgan fingerprint density at radius 1 is 1.29 bits per heavy atom. The minimum absolute atomic E-state index is 0.0398. The van der Waals surface area contributed by atoms with Gasteiger partial charge in [0, 0.05) is 11.1 Å². The molecule has 2 aromatic carbocycles. The quantitative estimate of drug-likeness (QED) is 0.580. The Bertz CT molecular complexity index is 937. The van der Waals surface area contributed by atoms with Crippen LogP contribution >= 0.6 is 11.6 Å². The highest BCUT2D eigenvalue weighted by Crippen LogP contribution is 2.59. The summed E-state index contributed by atoms with van der Waals surface area (Å²) in [6.07, 6.45) is 0.585. The molecule has 1 fully saturated rings. The molecule has 0 saturated heterocycles. The summed E-state index contributed by atoms with van der Waals surface area (Å²) >= 11 is 5.63. The third kappa shape index (κ3) is 4.02. The molecule has 3 rings (SSSR count). The predicted molar refractivity (Wildman–Crippen MR) is 103 cm³/mol. The second-order valence-electron chi connectivity index (χ2n) is 7.19. The van der Waals surface area contributed by atoms with Crippen LogP contribution in [-0.4, -0.2) is 5.97 Å². The number of nitriles is 1. The molecule has 0 bridgehead atoms. The van der Waals surface area contributed by atoms with E-state index in [1.54, 1.807) is 30.3 Å². The Labute approximate surface area is 168 Å². The van der Waals surface area contributed by atoms with Crippen molar-refractivity contribution in [1.29, 1.82) is 5.26 Å². The van der Waals surface area contributed by atoms with E-state index in [0.29, 0.717) is 11.3 Å². The maximum atomic E-state index is 14.1. The molecule has 4 nitrogen and oxygen atoms in total. The Morgan fingerprint density at radius 2 is 2.00 bits per heavy atom. The van der Waals surface area contributed by atoms with Gasteiger partial charge >= 0.3 is 5.97 Å². The highest BCUT2D eigenvalue weighted by molar-refractivity contribution is 6.25. The average molecular weight is 400 g/mol. The lowest BCUT2D eigenvalue weighted by Gasteiger charge is -2.14.